The molecule has 2 rings (SSSR count). The van der Waals surface area contributed by atoms with Gasteiger partial charge in [0.25, 0.3) is 0 Å². The monoisotopic (exact) mass is 302 g/mol. The van der Waals surface area contributed by atoms with E-state index in [1.54, 1.807) is 0 Å². The van der Waals surface area contributed by atoms with Crippen LogP contribution in [-0.4, -0.2) is 16.6 Å². The number of carbonyl (C=O) groups excluding carboxylic acids is 1. The van der Waals surface area contributed by atoms with E-state index in [0.717, 1.165) is 31.4 Å². The highest BCUT2D eigenvalue weighted by Gasteiger charge is 2.31. The first-order valence-corrected chi connectivity index (χ1v) is 6.81. The van der Waals surface area contributed by atoms with Gasteiger partial charge in [-0.3, -0.25) is 15.6 Å². The Kier molecular flexibility index (Phi) is 4.72. The van der Waals surface area contributed by atoms with Crippen LogP contribution in [0.15, 0.2) is 12.1 Å². The molecule has 1 aromatic carbocycles. The number of aliphatic hydroxyl groups is 1. The van der Waals surface area contributed by atoms with E-state index in [0.29, 0.717) is 12.8 Å². The Morgan fingerprint density at radius 3 is 2.29 bits per heavy atom. The molecule has 0 aliphatic heterocycles. The number of amides is 1. The third-order valence-electron chi connectivity index (χ3n) is 3.60. The average molecular weight is 302 g/mol. The molecular formula is C14H17F3N2O2. The van der Waals surface area contributed by atoms with E-state index in [2.05, 4.69) is 10.9 Å². The van der Waals surface area contributed by atoms with Gasteiger partial charge in [0.05, 0.1) is 17.7 Å². The van der Waals surface area contributed by atoms with E-state index in [4.69, 9.17) is 0 Å². The Labute approximate surface area is 120 Å². The van der Waals surface area contributed by atoms with Crippen molar-refractivity contribution in [2.24, 2.45) is 0 Å². The van der Waals surface area contributed by atoms with E-state index in [1.165, 1.54) is 0 Å². The molecule has 0 unspecified atom stereocenters. The zero-order valence-corrected chi connectivity index (χ0v) is 11.4. The molecule has 3 N–H and O–H groups in total. The fourth-order valence-electron chi connectivity index (χ4n) is 2.50. The molecule has 4 nitrogen and oxygen atoms in total. The van der Waals surface area contributed by atoms with Crippen molar-refractivity contribution in [3.8, 4) is 0 Å². The zero-order valence-electron chi connectivity index (χ0n) is 11.4. The number of rotatable bonds is 4. The van der Waals surface area contributed by atoms with Crippen molar-refractivity contribution < 1.29 is 23.1 Å². The molecule has 1 fully saturated rings. The maximum Gasteiger partial charge on any atom is 0.241 e. The lowest BCUT2D eigenvalue weighted by molar-refractivity contribution is -0.126. The van der Waals surface area contributed by atoms with Crippen molar-refractivity contribution in [3.05, 3.63) is 29.6 Å². The van der Waals surface area contributed by atoms with Gasteiger partial charge in [0, 0.05) is 12.1 Å². The number of halogens is 3. The molecule has 21 heavy (non-hydrogen) atoms. The first-order chi connectivity index (χ1) is 9.89. The SMILES string of the molecule is O=C(CC1(O)CCCCC1)NNc1cc(F)c(F)c(F)c1. The number of anilines is 1. The van der Waals surface area contributed by atoms with Gasteiger partial charge in [0.2, 0.25) is 5.91 Å². The third kappa shape index (κ3) is 4.10. The summed E-state index contributed by atoms with van der Waals surface area (Å²) >= 11 is 0. The summed E-state index contributed by atoms with van der Waals surface area (Å²) in [6, 6.07) is 1.46. The average Bonchev–Trinajstić information content (AvgIpc) is 2.42. The maximum atomic E-state index is 13.0. The van der Waals surface area contributed by atoms with Crippen LogP contribution in [0, 0.1) is 17.5 Å². The highest BCUT2D eigenvalue weighted by atomic mass is 19.2. The zero-order chi connectivity index (χ0) is 15.5. The van der Waals surface area contributed by atoms with E-state index in [-0.39, 0.29) is 12.1 Å². The Morgan fingerprint density at radius 1 is 1.14 bits per heavy atom. The van der Waals surface area contributed by atoms with Crippen LogP contribution in [0.25, 0.3) is 0 Å². The van der Waals surface area contributed by atoms with Crippen LogP contribution in [0.1, 0.15) is 38.5 Å². The molecule has 1 amide bonds. The standard InChI is InChI=1S/C14H17F3N2O2/c15-10-6-9(7-11(16)13(10)17)18-19-12(20)8-14(21)4-2-1-3-5-14/h6-7,18,21H,1-5,8H2,(H,19,20). The van der Waals surface area contributed by atoms with E-state index in [9.17, 15) is 23.1 Å². The molecule has 0 saturated heterocycles. The largest absolute Gasteiger partial charge is 0.389 e. The lowest BCUT2D eigenvalue weighted by Crippen LogP contribution is -2.40. The highest BCUT2D eigenvalue weighted by molar-refractivity contribution is 5.78. The van der Waals surface area contributed by atoms with Crippen molar-refractivity contribution in [2.45, 2.75) is 44.1 Å². The third-order valence-corrected chi connectivity index (χ3v) is 3.60. The fourth-order valence-corrected chi connectivity index (χ4v) is 2.50. The van der Waals surface area contributed by atoms with Crippen molar-refractivity contribution in [3.63, 3.8) is 0 Å². The van der Waals surface area contributed by atoms with Crippen LogP contribution in [0.2, 0.25) is 0 Å². The molecule has 0 aromatic heterocycles. The van der Waals surface area contributed by atoms with Gasteiger partial charge < -0.3 is 5.11 Å². The van der Waals surface area contributed by atoms with Crippen molar-refractivity contribution in [2.75, 3.05) is 5.43 Å². The summed E-state index contributed by atoms with van der Waals surface area (Å²) in [4.78, 5) is 11.7. The van der Waals surface area contributed by atoms with Crippen LogP contribution < -0.4 is 10.9 Å². The van der Waals surface area contributed by atoms with E-state index >= 15 is 0 Å². The number of benzene rings is 1. The molecule has 7 heteroatoms. The first-order valence-electron chi connectivity index (χ1n) is 6.81. The van der Waals surface area contributed by atoms with Gasteiger partial charge >= 0.3 is 0 Å². The molecule has 0 spiro atoms. The van der Waals surface area contributed by atoms with Gasteiger partial charge in [-0.1, -0.05) is 19.3 Å². The number of hydrogen-bond acceptors (Lipinski definition) is 3. The second-order valence-corrected chi connectivity index (χ2v) is 5.39. The van der Waals surface area contributed by atoms with Crippen LogP contribution in [-0.2, 0) is 4.79 Å². The molecule has 0 heterocycles. The van der Waals surface area contributed by atoms with Crippen molar-refractivity contribution in [1.29, 1.82) is 0 Å². The first kappa shape index (κ1) is 15.6. The smallest absolute Gasteiger partial charge is 0.241 e. The lowest BCUT2D eigenvalue weighted by atomic mass is 9.82. The molecule has 1 saturated carbocycles. The Hall–Kier alpha value is -1.76. The maximum absolute atomic E-state index is 13.0. The summed E-state index contributed by atoms with van der Waals surface area (Å²) in [5.74, 6) is -4.76. The van der Waals surface area contributed by atoms with Crippen LogP contribution >= 0.6 is 0 Å². The minimum absolute atomic E-state index is 0.0911. The number of carbonyl (C=O) groups is 1. The molecule has 1 aliphatic rings. The minimum Gasteiger partial charge on any atom is -0.389 e. The lowest BCUT2D eigenvalue weighted by Gasteiger charge is -2.31. The molecule has 0 bridgehead atoms. The number of hydrogen-bond donors (Lipinski definition) is 3. The Balaban J connectivity index is 1.89. The molecule has 0 atom stereocenters. The highest BCUT2D eigenvalue weighted by Crippen LogP contribution is 2.30. The Bertz CT molecular complexity index is 508. The molecule has 116 valence electrons. The van der Waals surface area contributed by atoms with Gasteiger partial charge in [0.15, 0.2) is 17.5 Å². The molecule has 1 aromatic rings. The Morgan fingerprint density at radius 2 is 1.71 bits per heavy atom. The van der Waals surface area contributed by atoms with Crippen LogP contribution in [0.4, 0.5) is 18.9 Å². The van der Waals surface area contributed by atoms with Crippen LogP contribution in [0.3, 0.4) is 0 Å². The van der Waals surface area contributed by atoms with E-state index in [1.807, 2.05) is 0 Å². The van der Waals surface area contributed by atoms with Gasteiger partial charge in [-0.2, -0.15) is 0 Å². The van der Waals surface area contributed by atoms with Gasteiger partial charge in [-0.05, 0) is 12.8 Å². The number of nitrogens with one attached hydrogen (secondary N) is 2. The second kappa shape index (κ2) is 6.34. The molecule has 1 aliphatic carbocycles. The number of hydrazine groups is 1. The summed E-state index contributed by atoms with van der Waals surface area (Å²) in [6.45, 7) is 0. The van der Waals surface area contributed by atoms with Gasteiger partial charge in [-0.25, -0.2) is 13.2 Å². The van der Waals surface area contributed by atoms with E-state index < -0.39 is 29.0 Å². The van der Waals surface area contributed by atoms with Crippen molar-refractivity contribution in [1.82, 2.24) is 5.43 Å². The minimum atomic E-state index is -1.57. The summed E-state index contributed by atoms with van der Waals surface area (Å²) in [7, 11) is 0. The summed E-state index contributed by atoms with van der Waals surface area (Å²) in [6.07, 6.45) is 3.79. The fraction of sp³-hybridized carbons (Fsp3) is 0.500. The predicted molar refractivity (Wildman–Crippen MR) is 70.7 cm³/mol. The molecular weight excluding hydrogens is 285 g/mol. The summed E-state index contributed by atoms with van der Waals surface area (Å²) < 4.78 is 38.8. The van der Waals surface area contributed by atoms with Crippen LogP contribution in [0.5, 0.6) is 0 Å². The molecule has 0 radical (unpaired) electrons. The topological polar surface area (TPSA) is 61.4 Å². The quantitative estimate of drug-likeness (QED) is 0.592. The predicted octanol–water partition coefficient (Wildman–Crippen LogP) is 2.63. The summed E-state index contributed by atoms with van der Waals surface area (Å²) in [5, 5.41) is 10.2. The second-order valence-electron chi connectivity index (χ2n) is 5.39. The van der Waals surface area contributed by atoms with Gasteiger partial charge in [-0.15, -0.1) is 0 Å². The summed E-state index contributed by atoms with van der Waals surface area (Å²) in [5.41, 5.74) is 3.40. The van der Waals surface area contributed by atoms with Crippen molar-refractivity contribution >= 4 is 11.6 Å². The van der Waals surface area contributed by atoms with Gasteiger partial charge in [0.1, 0.15) is 0 Å². The normalized spacial score (nSPS) is 17.3.